The van der Waals surface area contributed by atoms with Crippen LogP contribution in [0.3, 0.4) is 0 Å². The quantitative estimate of drug-likeness (QED) is 0.619. The van der Waals surface area contributed by atoms with E-state index in [1.807, 2.05) is 0 Å². The summed E-state index contributed by atoms with van der Waals surface area (Å²) in [5, 5.41) is 10.2. The number of hydrogen-bond donors (Lipinski definition) is 1. The molecule has 146 valence electrons. The van der Waals surface area contributed by atoms with Crippen molar-refractivity contribution in [1.82, 2.24) is 0 Å². The minimum Gasteiger partial charge on any atom is -0.504 e. The Balaban J connectivity index is 2.07. The van der Waals surface area contributed by atoms with Gasteiger partial charge in [0, 0.05) is 5.56 Å². The highest BCUT2D eigenvalue weighted by atomic mass is 19.4. The molecule has 9 heteroatoms. The monoisotopic (exact) mass is 398 g/mol. The molecule has 0 bridgehead atoms. The number of hydrogen-bond acceptors (Lipinski definition) is 4. The zero-order chi connectivity index (χ0) is 20.6. The van der Waals surface area contributed by atoms with Gasteiger partial charge in [-0.25, -0.2) is 9.18 Å². The first-order valence-corrected chi connectivity index (χ1v) is 7.75. The molecule has 0 spiro atoms. The zero-order valence-electron chi connectivity index (χ0n) is 14.1. The molecule has 1 aromatic heterocycles. The minimum absolute atomic E-state index is 0.0759. The van der Waals surface area contributed by atoms with Gasteiger partial charge in [-0.1, -0.05) is 6.07 Å². The van der Waals surface area contributed by atoms with E-state index in [4.69, 9.17) is 4.42 Å². The summed E-state index contributed by atoms with van der Waals surface area (Å²) in [6.07, 6.45) is -4.90. The highest BCUT2D eigenvalue weighted by Gasteiger charge is 2.31. The molecule has 0 fully saturated rings. The van der Waals surface area contributed by atoms with Gasteiger partial charge in [0.1, 0.15) is 17.1 Å². The maximum absolute atomic E-state index is 14.6. The number of benzene rings is 2. The van der Waals surface area contributed by atoms with Gasteiger partial charge < -0.3 is 14.3 Å². The first kappa shape index (κ1) is 19.4. The van der Waals surface area contributed by atoms with Crippen LogP contribution in [0.5, 0.6) is 11.5 Å². The van der Waals surface area contributed by atoms with Crippen LogP contribution in [0, 0.1) is 18.6 Å². The normalized spacial score (nSPS) is 11.5. The van der Waals surface area contributed by atoms with Gasteiger partial charge >= 0.3 is 12.0 Å². The largest absolute Gasteiger partial charge is 0.573 e. The lowest BCUT2D eigenvalue weighted by molar-refractivity contribution is -0.274. The van der Waals surface area contributed by atoms with Gasteiger partial charge in [-0.3, -0.25) is 0 Å². The Morgan fingerprint density at radius 1 is 1.04 bits per heavy atom. The van der Waals surface area contributed by atoms with Crippen molar-refractivity contribution in [3.8, 4) is 33.9 Å². The molecular weight excluding hydrogens is 387 g/mol. The summed E-state index contributed by atoms with van der Waals surface area (Å²) >= 11 is 0. The predicted molar refractivity (Wildman–Crippen MR) is 88.9 cm³/mol. The highest BCUT2D eigenvalue weighted by molar-refractivity contribution is 5.74. The van der Waals surface area contributed by atoms with E-state index in [9.17, 15) is 31.9 Å². The van der Waals surface area contributed by atoms with Crippen LogP contribution in [0.2, 0.25) is 0 Å². The van der Waals surface area contributed by atoms with Gasteiger partial charge in [0.25, 0.3) is 0 Å². The maximum Gasteiger partial charge on any atom is 0.573 e. The van der Waals surface area contributed by atoms with E-state index in [0.29, 0.717) is 0 Å². The second-order valence-corrected chi connectivity index (χ2v) is 5.79. The Morgan fingerprint density at radius 2 is 1.68 bits per heavy atom. The van der Waals surface area contributed by atoms with E-state index in [1.165, 1.54) is 13.0 Å². The van der Waals surface area contributed by atoms with Crippen LogP contribution in [0.15, 0.2) is 51.7 Å². The second-order valence-electron chi connectivity index (χ2n) is 5.79. The Bertz CT molecular complexity index is 1090. The third kappa shape index (κ3) is 3.83. The van der Waals surface area contributed by atoms with Crippen LogP contribution in [0.25, 0.3) is 22.5 Å². The molecule has 0 saturated carbocycles. The average Bonchev–Trinajstić information content (AvgIpc) is 2.59. The van der Waals surface area contributed by atoms with Crippen molar-refractivity contribution in [1.29, 1.82) is 0 Å². The van der Waals surface area contributed by atoms with Crippen molar-refractivity contribution in [2.24, 2.45) is 0 Å². The van der Waals surface area contributed by atoms with E-state index in [2.05, 4.69) is 4.74 Å². The summed E-state index contributed by atoms with van der Waals surface area (Å²) < 4.78 is 73.1. The number of halogens is 5. The molecule has 0 aliphatic carbocycles. The first-order valence-electron chi connectivity index (χ1n) is 7.75. The Kier molecular flexibility index (Phi) is 4.84. The molecule has 0 radical (unpaired) electrons. The average molecular weight is 398 g/mol. The van der Waals surface area contributed by atoms with Gasteiger partial charge in [0.15, 0.2) is 11.5 Å². The topological polar surface area (TPSA) is 59.7 Å². The second kappa shape index (κ2) is 6.99. The summed E-state index contributed by atoms with van der Waals surface area (Å²) in [5.74, 6) is -4.10. The summed E-state index contributed by atoms with van der Waals surface area (Å²) in [7, 11) is 0. The molecule has 0 saturated heterocycles. The van der Waals surface area contributed by atoms with Crippen LogP contribution in [-0.4, -0.2) is 11.5 Å². The lowest BCUT2D eigenvalue weighted by atomic mass is 10.0. The van der Waals surface area contributed by atoms with Crippen LogP contribution >= 0.6 is 0 Å². The minimum atomic E-state index is -4.90. The molecule has 1 N–H and O–H groups in total. The molecule has 0 aliphatic rings. The lowest BCUT2D eigenvalue weighted by Crippen LogP contribution is -2.16. The third-order valence-electron chi connectivity index (χ3n) is 3.85. The van der Waals surface area contributed by atoms with Gasteiger partial charge in [-0.05, 0) is 54.4 Å². The molecule has 0 amide bonds. The van der Waals surface area contributed by atoms with Crippen LogP contribution in [0.1, 0.15) is 5.56 Å². The number of aryl methyl sites for hydroxylation is 1. The lowest BCUT2D eigenvalue weighted by Gasteiger charge is -2.11. The van der Waals surface area contributed by atoms with Gasteiger partial charge in [-0.15, -0.1) is 13.2 Å². The van der Waals surface area contributed by atoms with E-state index < -0.39 is 46.4 Å². The number of aromatic hydroxyl groups is 1. The van der Waals surface area contributed by atoms with Crippen molar-refractivity contribution in [2.75, 3.05) is 0 Å². The van der Waals surface area contributed by atoms with Crippen LogP contribution in [0.4, 0.5) is 22.0 Å². The molecule has 2 aromatic carbocycles. The molecule has 3 rings (SSSR count). The van der Waals surface area contributed by atoms with E-state index in [0.717, 1.165) is 36.4 Å². The zero-order valence-corrected chi connectivity index (χ0v) is 14.1. The van der Waals surface area contributed by atoms with Gasteiger partial charge in [-0.2, -0.15) is 4.39 Å². The van der Waals surface area contributed by atoms with Gasteiger partial charge in [0.2, 0.25) is 5.82 Å². The fraction of sp³-hybridized carbons (Fsp3) is 0.105. The fourth-order valence-electron chi connectivity index (χ4n) is 2.64. The van der Waals surface area contributed by atoms with E-state index in [-0.39, 0.29) is 16.7 Å². The summed E-state index contributed by atoms with van der Waals surface area (Å²) in [5.41, 5.74) is -1.34. The molecule has 4 nitrogen and oxygen atoms in total. The third-order valence-corrected chi connectivity index (χ3v) is 3.85. The van der Waals surface area contributed by atoms with Crippen molar-refractivity contribution < 1.29 is 36.2 Å². The molecule has 3 aromatic rings. The first-order chi connectivity index (χ1) is 13.1. The molecule has 0 unspecified atom stereocenters. The van der Waals surface area contributed by atoms with E-state index in [1.54, 1.807) is 0 Å². The molecule has 1 heterocycles. The summed E-state index contributed by atoms with van der Waals surface area (Å²) in [6.45, 7) is 1.46. The SMILES string of the molecule is Cc1cc(F)ccc1-c1c(O)c(F)c(-c2ccc(OC(F)(F)F)cc2)oc1=O. The van der Waals surface area contributed by atoms with Crippen molar-refractivity contribution in [3.05, 3.63) is 70.1 Å². The fourth-order valence-corrected chi connectivity index (χ4v) is 2.64. The number of ether oxygens (including phenoxy) is 1. The van der Waals surface area contributed by atoms with E-state index >= 15 is 0 Å². The Labute approximate surface area is 154 Å². The smallest absolute Gasteiger partial charge is 0.504 e. The number of rotatable bonds is 3. The van der Waals surface area contributed by atoms with Crippen molar-refractivity contribution in [3.63, 3.8) is 0 Å². The van der Waals surface area contributed by atoms with Crippen molar-refractivity contribution >= 4 is 0 Å². The Hall–Kier alpha value is -3.36. The standard InChI is InChI=1S/C19H11F5O4/c1-9-8-11(20)4-7-13(9)14-16(25)15(21)17(27-18(14)26)10-2-5-12(6-3-10)28-19(22,23)24/h2-8,25H,1H3. The van der Waals surface area contributed by atoms with Crippen molar-refractivity contribution in [2.45, 2.75) is 13.3 Å². The Morgan fingerprint density at radius 3 is 2.25 bits per heavy atom. The molecule has 28 heavy (non-hydrogen) atoms. The summed E-state index contributed by atoms with van der Waals surface area (Å²) in [6, 6.07) is 7.19. The number of alkyl halides is 3. The molecular formula is C19H11F5O4. The van der Waals surface area contributed by atoms with Crippen LogP contribution in [-0.2, 0) is 0 Å². The maximum atomic E-state index is 14.6. The predicted octanol–water partition coefficient (Wildman–Crippen LogP) is 5.16. The molecule has 0 atom stereocenters. The van der Waals surface area contributed by atoms with Gasteiger partial charge in [0.05, 0.1) is 0 Å². The highest BCUT2D eigenvalue weighted by Crippen LogP contribution is 2.36. The van der Waals surface area contributed by atoms with Crippen LogP contribution < -0.4 is 10.4 Å². The summed E-state index contributed by atoms with van der Waals surface area (Å²) in [4.78, 5) is 12.3. The molecule has 0 aliphatic heterocycles.